The molecule has 0 bridgehead atoms. The van der Waals surface area contributed by atoms with E-state index < -0.39 is 21.8 Å². The molecule has 2 saturated heterocycles. The Morgan fingerprint density at radius 1 is 0.974 bits per heavy atom. The number of sulfonamides is 1. The molecule has 0 N–H and O–H groups in total. The van der Waals surface area contributed by atoms with E-state index in [-0.39, 0.29) is 16.7 Å². The van der Waals surface area contributed by atoms with E-state index in [0.717, 1.165) is 17.1 Å². The van der Waals surface area contributed by atoms with Crippen molar-refractivity contribution in [1.82, 2.24) is 14.2 Å². The number of alkyl halides is 3. The first-order chi connectivity index (χ1) is 18.5. The van der Waals surface area contributed by atoms with Gasteiger partial charge in [-0.1, -0.05) is 18.2 Å². The SMILES string of the molecule is O=C(c1csc(C2CCN(S(=O)(=O)c3ccccc3Br)CC2)n1)N1CCN(c2cccc(C(F)(F)F)c2)CC1. The summed E-state index contributed by atoms with van der Waals surface area (Å²) in [6.45, 7) is 2.35. The van der Waals surface area contributed by atoms with Gasteiger partial charge in [-0.05, 0) is 59.1 Å². The maximum atomic E-state index is 13.1. The van der Waals surface area contributed by atoms with Crippen LogP contribution in [0.2, 0.25) is 0 Å². The first-order valence-corrected chi connectivity index (χ1v) is 15.6. The number of nitrogens with zero attached hydrogens (tertiary/aromatic N) is 4. The zero-order valence-corrected chi connectivity index (χ0v) is 24.0. The first-order valence-electron chi connectivity index (χ1n) is 12.5. The van der Waals surface area contributed by atoms with Crippen LogP contribution in [0.25, 0.3) is 0 Å². The normalized spacial score (nSPS) is 17.9. The Hall–Kier alpha value is -2.48. The molecular weight excluding hydrogens is 617 g/mol. The standard InChI is InChI=1S/C26H26BrF3N4O3S2/c27-21-6-1-2-7-23(21)39(36,37)34-10-8-18(9-11-34)24-31-22(17-38-24)25(35)33-14-12-32(13-15-33)20-5-3-4-19(16-20)26(28,29)30/h1-7,16-18H,8-15H2. The van der Waals surface area contributed by atoms with E-state index in [1.807, 2.05) is 4.90 Å². The minimum atomic E-state index is -4.40. The maximum absolute atomic E-state index is 13.1. The van der Waals surface area contributed by atoms with E-state index in [1.165, 1.54) is 21.7 Å². The molecule has 0 atom stereocenters. The number of aromatic nitrogens is 1. The molecule has 2 fully saturated rings. The molecule has 1 amide bonds. The number of rotatable bonds is 5. The highest BCUT2D eigenvalue weighted by atomic mass is 79.9. The van der Waals surface area contributed by atoms with Gasteiger partial charge in [-0.15, -0.1) is 11.3 Å². The Balaban J connectivity index is 1.17. The predicted octanol–water partition coefficient (Wildman–Crippen LogP) is 5.46. The molecule has 0 spiro atoms. The lowest BCUT2D eigenvalue weighted by Crippen LogP contribution is -2.49. The van der Waals surface area contributed by atoms with Crippen molar-refractivity contribution >= 4 is 48.9 Å². The van der Waals surface area contributed by atoms with Crippen LogP contribution in [-0.2, 0) is 16.2 Å². The highest BCUT2D eigenvalue weighted by Crippen LogP contribution is 2.35. The van der Waals surface area contributed by atoms with E-state index in [9.17, 15) is 26.4 Å². The minimum absolute atomic E-state index is 0.0694. The van der Waals surface area contributed by atoms with Crippen LogP contribution in [-0.4, -0.2) is 67.8 Å². The van der Waals surface area contributed by atoms with Gasteiger partial charge in [0.15, 0.2) is 0 Å². The van der Waals surface area contributed by atoms with Crippen LogP contribution in [0.3, 0.4) is 0 Å². The number of carbonyl (C=O) groups excluding carboxylic acids is 1. The van der Waals surface area contributed by atoms with Crippen molar-refractivity contribution < 1.29 is 26.4 Å². The number of anilines is 1. The van der Waals surface area contributed by atoms with E-state index >= 15 is 0 Å². The summed E-state index contributed by atoms with van der Waals surface area (Å²) in [5.74, 6) is -0.130. The fraction of sp³-hybridized carbons (Fsp3) is 0.385. The van der Waals surface area contributed by atoms with Gasteiger partial charge < -0.3 is 9.80 Å². The lowest BCUT2D eigenvalue weighted by molar-refractivity contribution is -0.137. The topological polar surface area (TPSA) is 73.8 Å². The Bertz CT molecular complexity index is 1450. The van der Waals surface area contributed by atoms with Gasteiger partial charge in [0, 0.05) is 60.7 Å². The Labute approximate surface area is 237 Å². The lowest BCUT2D eigenvalue weighted by Gasteiger charge is -2.36. The van der Waals surface area contributed by atoms with Crippen molar-refractivity contribution in [3.63, 3.8) is 0 Å². The second kappa shape index (κ2) is 11.2. The molecule has 2 aliphatic rings. The quantitative estimate of drug-likeness (QED) is 0.370. The molecule has 0 radical (unpaired) electrons. The average Bonchev–Trinajstić information content (AvgIpc) is 3.43. The monoisotopic (exact) mass is 642 g/mol. The van der Waals surface area contributed by atoms with Gasteiger partial charge in [0.25, 0.3) is 5.91 Å². The van der Waals surface area contributed by atoms with Crippen molar-refractivity contribution in [2.45, 2.75) is 29.8 Å². The molecule has 39 heavy (non-hydrogen) atoms. The van der Waals surface area contributed by atoms with Crippen molar-refractivity contribution in [3.8, 4) is 0 Å². The fourth-order valence-electron chi connectivity index (χ4n) is 4.92. The number of hydrogen-bond acceptors (Lipinski definition) is 6. The number of piperidine rings is 1. The molecule has 0 aliphatic carbocycles. The van der Waals surface area contributed by atoms with Gasteiger partial charge in [-0.25, -0.2) is 13.4 Å². The summed E-state index contributed by atoms with van der Waals surface area (Å²) < 4.78 is 67.4. The molecule has 2 aromatic carbocycles. The molecule has 208 valence electrons. The van der Waals surface area contributed by atoms with Crippen LogP contribution in [0.5, 0.6) is 0 Å². The van der Waals surface area contributed by atoms with Crippen LogP contribution in [0.4, 0.5) is 18.9 Å². The highest BCUT2D eigenvalue weighted by molar-refractivity contribution is 9.10. The number of hydrogen-bond donors (Lipinski definition) is 0. The zero-order chi connectivity index (χ0) is 27.8. The van der Waals surface area contributed by atoms with Gasteiger partial charge in [0.05, 0.1) is 15.5 Å². The molecule has 3 heterocycles. The van der Waals surface area contributed by atoms with E-state index in [4.69, 9.17) is 0 Å². The van der Waals surface area contributed by atoms with E-state index in [0.29, 0.717) is 68.0 Å². The molecule has 0 saturated carbocycles. The minimum Gasteiger partial charge on any atom is -0.368 e. The molecule has 5 rings (SSSR count). The highest BCUT2D eigenvalue weighted by Gasteiger charge is 2.34. The number of amides is 1. The van der Waals surface area contributed by atoms with E-state index in [1.54, 1.807) is 40.6 Å². The van der Waals surface area contributed by atoms with Gasteiger partial charge in [0.2, 0.25) is 10.0 Å². The van der Waals surface area contributed by atoms with Crippen molar-refractivity contribution in [2.75, 3.05) is 44.2 Å². The van der Waals surface area contributed by atoms with Gasteiger partial charge in [-0.2, -0.15) is 17.5 Å². The van der Waals surface area contributed by atoms with Crippen LogP contribution in [0, 0.1) is 0 Å². The summed E-state index contributed by atoms with van der Waals surface area (Å²) in [5, 5.41) is 2.56. The summed E-state index contributed by atoms with van der Waals surface area (Å²) in [7, 11) is -3.61. The number of thiazole rings is 1. The number of benzene rings is 2. The summed E-state index contributed by atoms with van der Waals surface area (Å²) in [4.78, 5) is 21.5. The largest absolute Gasteiger partial charge is 0.416 e. The third-order valence-corrected chi connectivity index (χ3v) is 11.0. The first kappa shape index (κ1) is 28.1. The average molecular weight is 644 g/mol. The zero-order valence-electron chi connectivity index (χ0n) is 20.8. The fourth-order valence-corrected chi connectivity index (χ4v) is 8.32. The Morgan fingerprint density at radius 3 is 2.33 bits per heavy atom. The third-order valence-electron chi connectivity index (χ3n) is 7.10. The number of piperazine rings is 1. The third kappa shape index (κ3) is 6.01. The second-order valence-corrected chi connectivity index (χ2v) is 13.2. The predicted molar refractivity (Wildman–Crippen MR) is 147 cm³/mol. The van der Waals surface area contributed by atoms with Crippen LogP contribution < -0.4 is 4.90 Å². The summed E-state index contributed by atoms with van der Waals surface area (Å²) in [5.41, 5.74) is 0.150. The van der Waals surface area contributed by atoms with Crippen LogP contribution in [0.15, 0.2) is 63.3 Å². The van der Waals surface area contributed by atoms with Crippen molar-refractivity contribution in [1.29, 1.82) is 0 Å². The molecule has 13 heteroatoms. The summed E-state index contributed by atoms with van der Waals surface area (Å²) in [6, 6.07) is 12.0. The maximum Gasteiger partial charge on any atom is 0.416 e. The molecule has 2 aliphatic heterocycles. The van der Waals surface area contributed by atoms with Gasteiger partial charge in [0.1, 0.15) is 5.69 Å². The van der Waals surface area contributed by atoms with Crippen molar-refractivity contribution in [2.24, 2.45) is 0 Å². The molecule has 0 unspecified atom stereocenters. The smallest absolute Gasteiger partial charge is 0.368 e. The summed E-state index contributed by atoms with van der Waals surface area (Å²) >= 11 is 4.73. The van der Waals surface area contributed by atoms with E-state index in [2.05, 4.69) is 20.9 Å². The molecular formula is C26H26BrF3N4O3S2. The molecule has 1 aromatic heterocycles. The van der Waals surface area contributed by atoms with Crippen LogP contribution in [0.1, 0.15) is 39.8 Å². The van der Waals surface area contributed by atoms with Gasteiger partial charge >= 0.3 is 6.18 Å². The molecule has 7 nitrogen and oxygen atoms in total. The lowest BCUT2D eigenvalue weighted by atomic mass is 9.99. The Morgan fingerprint density at radius 2 is 1.67 bits per heavy atom. The number of carbonyl (C=O) groups is 1. The summed E-state index contributed by atoms with van der Waals surface area (Å²) in [6.07, 6.45) is -3.18. The van der Waals surface area contributed by atoms with Gasteiger partial charge in [-0.3, -0.25) is 4.79 Å². The Kier molecular flexibility index (Phi) is 8.05. The molecule has 3 aromatic rings. The number of halogens is 4. The van der Waals surface area contributed by atoms with Crippen LogP contribution >= 0.6 is 27.3 Å². The van der Waals surface area contributed by atoms with Crippen molar-refractivity contribution in [3.05, 3.63) is 74.6 Å². The second-order valence-electron chi connectivity index (χ2n) is 9.51.